The lowest BCUT2D eigenvalue weighted by Crippen LogP contribution is -2.44. The Morgan fingerprint density at radius 3 is 2.74 bits per heavy atom. The largest absolute Gasteiger partial charge is 0.348 e. The molecule has 4 aromatic rings. The normalized spacial score (nSPS) is 13.1. The average Bonchev–Trinajstić information content (AvgIpc) is 3.58. The minimum absolute atomic E-state index is 0.183. The molecule has 0 saturated heterocycles. The van der Waals surface area contributed by atoms with E-state index in [0.29, 0.717) is 34.1 Å². The number of benzene rings is 3. The van der Waals surface area contributed by atoms with Gasteiger partial charge in [0.25, 0.3) is 5.91 Å². The van der Waals surface area contributed by atoms with Crippen molar-refractivity contribution in [2.24, 2.45) is 0 Å². The predicted molar refractivity (Wildman–Crippen MR) is 142 cm³/mol. The van der Waals surface area contributed by atoms with Crippen LogP contribution in [0.1, 0.15) is 27.0 Å². The number of fused-ring (bicyclic) bond motifs is 1. The maximum atomic E-state index is 13.3. The van der Waals surface area contributed by atoms with E-state index in [4.69, 9.17) is 11.6 Å². The molecule has 0 bridgehead atoms. The molecule has 1 aliphatic heterocycles. The molecule has 190 valence electrons. The van der Waals surface area contributed by atoms with Crippen molar-refractivity contribution >= 4 is 41.1 Å². The van der Waals surface area contributed by atoms with Gasteiger partial charge in [-0.05, 0) is 58.0 Å². The monoisotopic (exact) mass is 527 g/mol. The third kappa shape index (κ3) is 5.76. The van der Waals surface area contributed by atoms with Crippen molar-refractivity contribution in [3.8, 4) is 5.69 Å². The Hall–Kier alpha value is -4.83. The molecule has 3 aromatic carbocycles. The summed E-state index contributed by atoms with van der Waals surface area (Å²) in [5, 5.41) is 20.0. The number of rotatable bonds is 8. The van der Waals surface area contributed by atoms with Crippen molar-refractivity contribution in [1.82, 2.24) is 30.8 Å². The molecule has 3 amide bonds. The van der Waals surface area contributed by atoms with Gasteiger partial charge in [-0.3, -0.25) is 14.4 Å². The third-order valence-corrected chi connectivity index (χ3v) is 6.21. The van der Waals surface area contributed by atoms with E-state index in [-0.39, 0.29) is 12.3 Å². The topological polar surface area (TPSA) is 131 Å². The van der Waals surface area contributed by atoms with Crippen LogP contribution in [-0.2, 0) is 22.6 Å². The van der Waals surface area contributed by atoms with E-state index < -0.39 is 17.9 Å². The van der Waals surface area contributed by atoms with Crippen LogP contribution >= 0.6 is 11.6 Å². The van der Waals surface area contributed by atoms with E-state index in [1.165, 1.54) is 17.1 Å². The van der Waals surface area contributed by atoms with E-state index in [0.717, 1.165) is 11.1 Å². The molecule has 10 nitrogen and oxygen atoms in total. The lowest BCUT2D eigenvalue weighted by molar-refractivity contribution is -0.123. The fourth-order valence-corrected chi connectivity index (χ4v) is 4.28. The summed E-state index contributed by atoms with van der Waals surface area (Å²) in [5.74, 6) is -1.07. The number of nitrogens with zero attached hydrogens (tertiary/aromatic N) is 4. The number of tetrazole rings is 1. The van der Waals surface area contributed by atoms with E-state index in [9.17, 15) is 14.4 Å². The minimum Gasteiger partial charge on any atom is -0.348 e. The quantitative estimate of drug-likeness (QED) is 0.302. The molecule has 2 heterocycles. The van der Waals surface area contributed by atoms with Crippen molar-refractivity contribution in [2.75, 3.05) is 5.32 Å². The van der Waals surface area contributed by atoms with Crippen molar-refractivity contribution < 1.29 is 14.4 Å². The van der Waals surface area contributed by atoms with E-state index >= 15 is 0 Å². The molecule has 38 heavy (non-hydrogen) atoms. The molecule has 1 aliphatic rings. The molecule has 3 N–H and O–H groups in total. The Morgan fingerprint density at radius 1 is 1.11 bits per heavy atom. The Kier molecular flexibility index (Phi) is 7.23. The molecule has 0 spiro atoms. The fourth-order valence-electron chi connectivity index (χ4n) is 4.10. The first kappa shape index (κ1) is 24.8. The predicted octanol–water partition coefficient (Wildman–Crippen LogP) is 2.94. The van der Waals surface area contributed by atoms with Gasteiger partial charge in [-0.25, -0.2) is 0 Å². The van der Waals surface area contributed by atoms with E-state index in [1.807, 2.05) is 30.3 Å². The molecule has 0 aliphatic carbocycles. The van der Waals surface area contributed by atoms with Crippen LogP contribution in [0.4, 0.5) is 5.69 Å². The zero-order valence-corrected chi connectivity index (χ0v) is 20.7. The summed E-state index contributed by atoms with van der Waals surface area (Å²) in [7, 11) is 0. The fraction of sp³-hybridized carbons (Fsp3) is 0.111. The first-order chi connectivity index (χ1) is 18.5. The Morgan fingerprint density at radius 2 is 1.95 bits per heavy atom. The summed E-state index contributed by atoms with van der Waals surface area (Å²) in [6.07, 6.45) is 4.60. The number of aromatic nitrogens is 4. The van der Waals surface area contributed by atoms with Gasteiger partial charge in [-0.15, -0.1) is 5.10 Å². The van der Waals surface area contributed by atoms with Crippen LogP contribution in [0.2, 0.25) is 5.02 Å². The number of nitrogens with one attached hydrogen (secondary N) is 3. The summed E-state index contributed by atoms with van der Waals surface area (Å²) >= 11 is 6.16. The standard InChI is InChI=1S/C27H22ClN7O3/c28-20-8-10-24(35-16-30-33-34-35)18(13-20)7-11-25(36)32-23(12-17-4-2-1-3-5-17)27(38)31-21-9-6-19-15-29-26(37)22(19)14-21/h1-11,13-14,16,23H,12,15H2,(H,29,37)(H,31,38)(H,32,36)/b11-7+/t23-/m0/s1. The van der Waals surface area contributed by atoms with Gasteiger partial charge in [0.1, 0.15) is 12.4 Å². The van der Waals surface area contributed by atoms with Gasteiger partial charge in [0.05, 0.1) is 5.69 Å². The number of carbonyl (C=O) groups excluding carboxylic acids is 3. The van der Waals surface area contributed by atoms with Gasteiger partial charge in [0.15, 0.2) is 0 Å². The van der Waals surface area contributed by atoms with Crippen LogP contribution in [0.15, 0.2) is 79.1 Å². The summed E-state index contributed by atoms with van der Waals surface area (Å²) < 4.78 is 1.45. The molecular formula is C27H22ClN7O3. The van der Waals surface area contributed by atoms with Gasteiger partial charge in [0.2, 0.25) is 11.8 Å². The van der Waals surface area contributed by atoms with Crippen LogP contribution in [0, 0.1) is 0 Å². The van der Waals surface area contributed by atoms with Gasteiger partial charge in [0, 0.05) is 40.9 Å². The van der Waals surface area contributed by atoms with Gasteiger partial charge in [-0.2, -0.15) is 4.68 Å². The SMILES string of the molecule is O=C(/C=C/c1cc(Cl)ccc1-n1cnnn1)N[C@@H](Cc1ccccc1)C(=O)Nc1ccc2c(c1)C(=O)NC2. The second-order valence-electron chi connectivity index (χ2n) is 8.59. The molecule has 0 saturated carbocycles. The number of amides is 3. The lowest BCUT2D eigenvalue weighted by atomic mass is 10.0. The number of anilines is 1. The Balaban J connectivity index is 1.34. The minimum atomic E-state index is -0.880. The third-order valence-electron chi connectivity index (χ3n) is 5.98. The zero-order valence-electron chi connectivity index (χ0n) is 20.0. The van der Waals surface area contributed by atoms with Crippen LogP contribution in [0.5, 0.6) is 0 Å². The van der Waals surface area contributed by atoms with Gasteiger partial charge < -0.3 is 16.0 Å². The maximum absolute atomic E-state index is 13.3. The van der Waals surface area contributed by atoms with Crippen LogP contribution in [0.25, 0.3) is 11.8 Å². The smallest absolute Gasteiger partial charge is 0.251 e. The highest BCUT2D eigenvalue weighted by molar-refractivity contribution is 6.30. The molecule has 1 aromatic heterocycles. The number of halogens is 1. The van der Waals surface area contributed by atoms with Crippen LogP contribution in [0.3, 0.4) is 0 Å². The van der Waals surface area contributed by atoms with Crippen LogP contribution < -0.4 is 16.0 Å². The van der Waals surface area contributed by atoms with Crippen molar-refractivity contribution in [2.45, 2.75) is 19.0 Å². The first-order valence-electron chi connectivity index (χ1n) is 11.7. The molecule has 5 rings (SSSR count). The number of hydrogen-bond donors (Lipinski definition) is 3. The number of hydrogen-bond acceptors (Lipinski definition) is 6. The number of carbonyl (C=O) groups is 3. The average molecular weight is 528 g/mol. The molecule has 1 atom stereocenters. The molecular weight excluding hydrogens is 506 g/mol. The summed E-state index contributed by atoms with van der Waals surface area (Å²) in [5.41, 5.74) is 3.98. The van der Waals surface area contributed by atoms with E-state index in [1.54, 1.807) is 42.5 Å². The highest BCUT2D eigenvalue weighted by Gasteiger charge is 2.23. The first-order valence-corrected chi connectivity index (χ1v) is 12.1. The maximum Gasteiger partial charge on any atom is 0.251 e. The zero-order chi connectivity index (χ0) is 26.5. The van der Waals surface area contributed by atoms with Gasteiger partial charge in [-0.1, -0.05) is 48.0 Å². The summed E-state index contributed by atoms with van der Waals surface area (Å²) in [6.45, 7) is 0.461. The van der Waals surface area contributed by atoms with Crippen molar-refractivity contribution in [1.29, 1.82) is 0 Å². The molecule has 0 unspecified atom stereocenters. The van der Waals surface area contributed by atoms with E-state index in [2.05, 4.69) is 31.5 Å². The summed E-state index contributed by atoms with van der Waals surface area (Å²) in [6, 6.07) is 18.8. The summed E-state index contributed by atoms with van der Waals surface area (Å²) in [4.78, 5) is 38.2. The highest BCUT2D eigenvalue weighted by atomic mass is 35.5. The van der Waals surface area contributed by atoms with Crippen molar-refractivity contribution in [3.05, 3.63) is 106 Å². The Bertz CT molecular complexity index is 1520. The highest BCUT2D eigenvalue weighted by Crippen LogP contribution is 2.21. The molecule has 0 radical (unpaired) electrons. The molecule has 0 fully saturated rings. The van der Waals surface area contributed by atoms with Crippen LogP contribution in [-0.4, -0.2) is 44.0 Å². The van der Waals surface area contributed by atoms with Crippen molar-refractivity contribution in [3.63, 3.8) is 0 Å². The lowest BCUT2D eigenvalue weighted by Gasteiger charge is -2.18. The van der Waals surface area contributed by atoms with Gasteiger partial charge >= 0.3 is 0 Å². The Labute approximate surface area is 222 Å². The molecule has 11 heteroatoms. The second-order valence-corrected chi connectivity index (χ2v) is 9.02. The second kappa shape index (κ2) is 11.1.